The summed E-state index contributed by atoms with van der Waals surface area (Å²) in [6.07, 6.45) is -2.61. The van der Waals surface area contributed by atoms with Crippen molar-refractivity contribution in [1.82, 2.24) is 9.88 Å². The first-order valence-corrected chi connectivity index (χ1v) is 9.32. The average molecular weight is 379 g/mol. The number of pyridine rings is 1. The molecule has 2 aliphatic heterocycles. The van der Waals surface area contributed by atoms with Crippen LogP contribution in [-0.4, -0.2) is 55.3 Å². The lowest BCUT2D eigenvalue weighted by Crippen LogP contribution is -2.56. The maximum Gasteiger partial charge on any atom is 0.416 e. The van der Waals surface area contributed by atoms with Gasteiger partial charge >= 0.3 is 6.18 Å². The first-order valence-electron chi connectivity index (χ1n) is 9.32. The summed E-state index contributed by atoms with van der Waals surface area (Å²) in [5.41, 5.74) is 1.49. The van der Waals surface area contributed by atoms with Crippen molar-refractivity contribution in [3.8, 4) is 0 Å². The lowest BCUT2D eigenvalue weighted by molar-refractivity contribution is -0.137. The van der Waals surface area contributed by atoms with Crippen LogP contribution in [-0.2, 0) is 10.9 Å². The Kier molecular flexibility index (Phi) is 4.55. The van der Waals surface area contributed by atoms with Gasteiger partial charge in [0, 0.05) is 42.9 Å². The summed E-state index contributed by atoms with van der Waals surface area (Å²) in [6, 6.07) is 5.70. The number of ether oxygens (including phenoxy) is 1. The third kappa shape index (κ3) is 3.62. The fraction of sp³-hybridized carbons (Fsp3) is 0.550. The molecule has 1 aromatic heterocycles. The molecular weight excluding hydrogens is 355 g/mol. The number of anilines is 1. The lowest BCUT2D eigenvalue weighted by Gasteiger charge is -2.47. The molecule has 2 fully saturated rings. The monoisotopic (exact) mass is 379 g/mol. The Labute approximate surface area is 156 Å². The third-order valence-corrected chi connectivity index (χ3v) is 5.70. The minimum absolute atomic E-state index is 0.126. The van der Waals surface area contributed by atoms with Gasteiger partial charge in [-0.25, -0.2) is 0 Å². The SMILES string of the molecule is Cc1cc(N2CCC3(CC2)CN(C)CCO3)c2cc(C(F)(F)F)ccc2n1. The van der Waals surface area contributed by atoms with E-state index in [9.17, 15) is 13.2 Å². The van der Waals surface area contributed by atoms with E-state index in [-0.39, 0.29) is 5.60 Å². The molecule has 27 heavy (non-hydrogen) atoms. The fourth-order valence-electron chi connectivity index (χ4n) is 4.27. The van der Waals surface area contributed by atoms with Gasteiger partial charge in [0.2, 0.25) is 0 Å². The zero-order chi connectivity index (χ0) is 19.2. The Morgan fingerprint density at radius 3 is 2.52 bits per heavy atom. The van der Waals surface area contributed by atoms with Crippen LogP contribution in [0.2, 0.25) is 0 Å². The molecule has 0 saturated carbocycles. The third-order valence-electron chi connectivity index (χ3n) is 5.70. The van der Waals surface area contributed by atoms with Crippen LogP contribution in [0.5, 0.6) is 0 Å². The Bertz CT molecular complexity index is 844. The highest BCUT2D eigenvalue weighted by molar-refractivity contribution is 5.92. The second kappa shape index (κ2) is 6.63. The molecule has 146 valence electrons. The zero-order valence-corrected chi connectivity index (χ0v) is 15.6. The molecule has 3 heterocycles. The Balaban J connectivity index is 1.65. The number of alkyl halides is 3. The number of hydrogen-bond acceptors (Lipinski definition) is 4. The summed E-state index contributed by atoms with van der Waals surface area (Å²) in [6.45, 7) is 6.01. The largest absolute Gasteiger partial charge is 0.416 e. The topological polar surface area (TPSA) is 28.6 Å². The van der Waals surface area contributed by atoms with Crippen LogP contribution in [0.4, 0.5) is 18.9 Å². The second-order valence-electron chi connectivity index (χ2n) is 7.77. The van der Waals surface area contributed by atoms with Gasteiger partial charge in [-0.05, 0) is 51.1 Å². The molecule has 0 amide bonds. The first kappa shape index (κ1) is 18.5. The van der Waals surface area contributed by atoms with Gasteiger partial charge in [-0.2, -0.15) is 13.2 Å². The van der Waals surface area contributed by atoms with E-state index in [0.29, 0.717) is 10.9 Å². The molecule has 1 spiro atoms. The van der Waals surface area contributed by atoms with Crippen LogP contribution in [0.1, 0.15) is 24.1 Å². The number of piperidine rings is 1. The quantitative estimate of drug-likeness (QED) is 0.752. The van der Waals surface area contributed by atoms with Crippen LogP contribution in [0, 0.1) is 6.92 Å². The van der Waals surface area contributed by atoms with Gasteiger partial charge in [0.05, 0.1) is 23.3 Å². The van der Waals surface area contributed by atoms with E-state index in [2.05, 4.69) is 21.8 Å². The van der Waals surface area contributed by atoms with E-state index in [1.165, 1.54) is 12.1 Å². The summed E-state index contributed by atoms with van der Waals surface area (Å²) in [5, 5.41) is 0.563. The molecule has 0 bridgehead atoms. The molecule has 0 unspecified atom stereocenters. The van der Waals surface area contributed by atoms with Crippen LogP contribution in [0.15, 0.2) is 24.3 Å². The number of halogens is 3. The normalized spacial score (nSPS) is 21.1. The molecule has 4 nitrogen and oxygen atoms in total. The number of morpholine rings is 1. The van der Waals surface area contributed by atoms with Gasteiger partial charge in [-0.15, -0.1) is 0 Å². The number of fused-ring (bicyclic) bond motifs is 1. The number of aryl methyl sites for hydroxylation is 1. The van der Waals surface area contributed by atoms with E-state index in [0.717, 1.165) is 63.1 Å². The second-order valence-corrected chi connectivity index (χ2v) is 7.77. The molecule has 7 heteroatoms. The highest BCUT2D eigenvalue weighted by Crippen LogP contribution is 2.37. The van der Waals surface area contributed by atoms with Crippen molar-refractivity contribution in [2.45, 2.75) is 31.5 Å². The number of aromatic nitrogens is 1. The fourth-order valence-corrected chi connectivity index (χ4v) is 4.27. The van der Waals surface area contributed by atoms with Crippen molar-refractivity contribution >= 4 is 16.6 Å². The standard InChI is InChI=1S/C20H24F3N3O/c1-14-11-18(16-12-15(20(21,22)23)3-4-17(16)24-14)26-7-5-19(6-8-26)13-25(2)9-10-27-19/h3-4,11-12H,5-10,13H2,1-2H3. The van der Waals surface area contributed by atoms with Gasteiger partial charge < -0.3 is 14.5 Å². The van der Waals surface area contributed by atoms with Crippen LogP contribution < -0.4 is 4.90 Å². The van der Waals surface area contributed by atoms with E-state index >= 15 is 0 Å². The number of likely N-dealkylation sites (N-methyl/N-ethyl adjacent to an activating group) is 1. The van der Waals surface area contributed by atoms with Crippen molar-refractivity contribution in [3.63, 3.8) is 0 Å². The van der Waals surface area contributed by atoms with Crippen molar-refractivity contribution in [3.05, 3.63) is 35.5 Å². The summed E-state index contributed by atoms with van der Waals surface area (Å²) in [4.78, 5) is 8.90. The number of rotatable bonds is 1. The summed E-state index contributed by atoms with van der Waals surface area (Å²) in [7, 11) is 2.11. The van der Waals surface area contributed by atoms with E-state index in [4.69, 9.17) is 4.74 Å². The molecule has 4 rings (SSSR count). The highest BCUT2D eigenvalue weighted by atomic mass is 19.4. The minimum atomic E-state index is -4.36. The molecule has 2 saturated heterocycles. The predicted octanol–water partition coefficient (Wildman–Crippen LogP) is 3.86. The summed E-state index contributed by atoms with van der Waals surface area (Å²) >= 11 is 0. The lowest BCUT2D eigenvalue weighted by atomic mass is 9.89. The molecule has 0 aliphatic carbocycles. The molecule has 0 atom stereocenters. The van der Waals surface area contributed by atoms with Gasteiger partial charge in [0.1, 0.15) is 0 Å². The smallest absolute Gasteiger partial charge is 0.372 e. The van der Waals surface area contributed by atoms with E-state index in [1.54, 1.807) is 0 Å². The van der Waals surface area contributed by atoms with E-state index < -0.39 is 11.7 Å². The number of benzene rings is 1. The maximum absolute atomic E-state index is 13.2. The Morgan fingerprint density at radius 1 is 1.11 bits per heavy atom. The zero-order valence-electron chi connectivity index (χ0n) is 15.6. The predicted molar refractivity (Wildman–Crippen MR) is 99.1 cm³/mol. The van der Waals surface area contributed by atoms with Crippen LogP contribution >= 0.6 is 0 Å². The summed E-state index contributed by atoms with van der Waals surface area (Å²) in [5.74, 6) is 0. The van der Waals surface area contributed by atoms with Crippen molar-refractivity contribution in [2.75, 3.05) is 44.7 Å². The maximum atomic E-state index is 13.2. The van der Waals surface area contributed by atoms with Gasteiger partial charge in [0.15, 0.2) is 0 Å². The molecule has 0 radical (unpaired) electrons. The average Bonchev–Trinajstić information content (AvgIpc) is 2.60. The van der Waals surface area contributed by atoms with Crippen LogP contribution in [0.25, 0.3) is 10.9 Å². The van der Waals surface area contributed by atoms with Crippen molar-refractivity contribution in [2.24, 2.45) is 0 Å². The summed E-state index contributed by atoms with van der Waals surface area (Å²) < 4.78 is 45.7. The molecule has 2 aromatic rings. The number of hydrogen-bond donors (Lipinski definition) is 0. The number of nitrogens with zero attached hydrogens (tertiary/aromatic N) is 3. The van der Waals surface area contributed by atoms with E-state index in [1.807, 2.05) is 13.0 Å². The van der Waals surface area contributed by atoms with Gasteiger partial charge in [-0.1, -0.05) is 0 Å². The molecule has 2 aliphatic rings. The Hall–Kier alpha value is -1.86. The van der Waals surface area contributed by atoms with Gasteiger partial charge in [-0.3, -0.25) is 4.98 Å². The molecule has 0 N–H and O–H groups in total. The minimum Gasteiger partial charge on any atom is -0.372 e. The van der Waals surface area contributed by atoms with Crippen molar-refractivity contribution < 1.29 is 17.9 Å². The van der Waals surface area contributed by atoms with Gasteiger partial charge in [0.25, 0.3) is 0 Å². The molecular formula is C20H24F3N3O. The first-order chi connectivity index (χ1) is 12.8. The molecule has 1 aromatic carbocycles. The van der Waals surface area contributed by atoms with Crippen molar-refractivity contribution in [1.29, 1.82) is 0 Å². The Morgan fingerprint density at radius 2 is 1.85 bits per heavy atom. The van der Waals surface area contributed by atoms with Crippen LogP contribution in [0.3, 0.4) is 0 Å². The highest BCUT2D eigenvalue weighted by Gasteiger charge is 2.39.